The average Bonchev–Trinajstić information content (AvgIpc) is 3.27. The number of nitrogens with two attached hydrogens (primary N) is 2. The highest BCUT2D eigenvalue weighted by Crippen LogP contribution is 2.38. The van der Waals surface area contributed by atoms with Crippen molar-refractivity contribution in [3.05, 3.63) is 88.6 Å². The summed E-state index contributed by atoms with van der Waals surface area (Å²) in [5.74, 6) is -2.23. The van der Waals surface area contributed by atoms with E-state index >= 15 is 0 Å². The highest BCUT2D eigenvalue weighted by atomic mass is 19.2. The first-order valence-corrected chi connectivity index (χ1v) is 11.7. The van der Waals surface area contributed by atoms with Crippen LogP contribution in [-0.4, -0.2) is 20.8 Å². The SMILES string of the molecule is CC(C)(C)C(N)c1cc(F)c(F)cc1-c1ccc2nc(N)nc(C(=O)N3Cc4ccccc4C3)c2c1. The van der Waals surface area contributed by atoms with E-state index in [1.165, 1.54) is 0 Å². The second-order valence-corrected chi connectivity index (χ2v) is 10.3. The van der Waals surface area contributed by atoms with Crippen LogP contribution in [0.25, 0.3) is 22.0 Å². The molecule has 3 aromatic carbocycles. The van der Waals surface area contributed by atoms with E-state index in [1.54, 1.807) is 23.1 Å². The van der Waals surface area contributed by atoms with Crippen molar-refractivity contribution in [1.82, 2.24) is 14.9 Å². The molecular weight excluding hydrogens is 460 g/mol. The minimum atomic E-state index is -0.977. The van der Waals surface area contributed by atoms with E-state index < -0.39 is 23.1 Å². The number of aromatic nitrogens is 2. The average molecular weight is 488 g/mol. The van der Waals surface area contributed by atoms with Crippen LogP contribution in [0.4, 0.5) is 14.7 Å². The van der Waals surface area contributed by atoms with Crippen LogP contribution in [0.5, 0.6) is 0 Å². The summed E-state index contributed by atoms with van der Waals surface area (Å²) in [6.45, 7) is 6.74. The van der Waals surface area contributed by atoms with Crippen LogP contribution in [0, 0.1) is 17.0 Å². The lowest BCUT2D eigenvalue weighted by Gasteiger charge is -2.29. The van der Waals surface area contributed by atoms with E-state index in [4.69, 9.17) is 11.5 Å². The molecule has 0 bridgehead atoms. The molecule has 1 amide bonds. The highest BCUT2D eigenvalue weighted by molar-refractivity contribution is 6.06. The molecule has 6 nitrogen and oxygen atoms in total. The molecule has 1 unspecified atom stereocenters. The van der Waals surface area contributed by atoms with Gasteiger partial charge in [0.05, 0.1) is 5.52 Å². The number of anilines is 1. The van der Waals surface area contributed by atoms with Crippen LogP contribution >= 0.6 is 0 Å². The first-order valence-electron chi connectivity index (χ1n) is 11.7. The Morgan fingerprint density at radius 2 is 1.61 bits per heavy atom. The number of nitrogen functional groups attached to an aromatic ring is 1. The topological polar surface area (TPSA) is 98.1 Å². The van der Waals surface area contributed by atoms with Crippen LogP contribution in [0.15, 0.2) is 54.6 Å². The lowest BCUT2D eigenvalue weighted by atomic mass is 9.80. The van der Waals surface area contributed by atoms with Crippen LogP contribution in [-0.2, 0) is 13.1 Å². The highest BCUT2D eigenvalue weighted by Gasteiger charge is 2.29. The summed E-state index contributed by atoms with van der Waals surface area (Å²) in [4.78, 5) is 23.9. The smallest absolute Gasteiger partial charge is 0.273 e. The Balaban J connectivity index is 1.64. The summed E-state index contributed by atoms with van der Waals surface area (Å²) >= 11 is 0. The standard InChI is InChI=1S/C28H27F2N5O/c1-28(2,3)25(31)19-12-22(30)21(29)11-18(19)15-8-9-23-20(10-15)24(34-27(32)33-23)26(36)35-13-16-6-4-5-7-17(16)14-35/h4-12,25H,13-14,31H2,1-3H3,(H2,32,33,34). The van der Waals surface area contributed by atoms with E-state index in [9.17, 15) is 13.6 Å². The maximum Gasteiger partial charge on any atom is 0.273 e. The van der Waals surface area contributed by atoms with Crippen LogP contribution in [0.2, 0.25) is 0 Å². The van der Waals surface area contributed by atoms with Gasteiger partial charge in [0.25, 0.3) is 5.91 Å². The molecule has 184 valence electrons. The van der Waals surface area contributed by atoms with Crippen molar-refractivity contribution in [2.24, 2.45) is 11.1 Å². The van der Waals surface area contributed by atoms with Crippen molar-refractivity contribution in [3.8, 4) is 11.1 Å². The number of nitrogens with zero attached hydrogens (tertiary/aromatic N) is 3. The number of hydrogen-bond acceptors (Lipinski definition) is 5. The summed E-state index contributed by atoms with van der Waals surface area (Å²) < 4.78 is 28.7. The lowest BCUT2D eigenvalue weighted by molar-refractivity contribution is 0.0747. The predicted octanol–water partition coefficient (Wildman–Crippen LogP) is 5.36. The zero-order valence-corrected chi connectivity index (χ0v) is 20.3. The zero-order chi connectivity index (χ0) is 25.8. The summed E-state index contributed by atoms with van der Waals surface area (Å²) in [6, 6.07) is 14.8. The lowest BCUT2D eigenvalue weighted by Crippen LogP contribution is -2.27. The normalized spacial score (nSPS) is 14.2. The number of carbonyl (C=O) groups is 1. The fourth-order valence-corrected chi connectivity index (χ4v) is 4.64. The molecule has 2 heterocycles. The fourth-order valence-electron chi connectivity index (χ4n) is 4.64. The minimum absolute atomic E-state index is 0.0152. The van der Waals surface area contributed by atoms with Gasteiger partial charge in [-0.25, -0.2) is 18.7 Å². The molecule has 36 heavy (non-hydrogen) atoms. The van der Waals surface area contributed by atoms with E-state index in [-0.39, 0.29) is 17.5 Å². The van der Waals surface area contributed by atoms with Crippen molar-refractivity contribution in [2.45, 2.75) is 39.9 Å². The monoisotopic (exact) mass is 487 g/mol. The molecule has 0 radical (unpaired) electrons. The van der Waals surface area contributed by atoms with Crippen molar-refractivity contribution < 1.29 is 13.6 Å². The molecule has 1 aliphatic heterocycles. The summed E-state index contributed by atoms with van der Waals surface area (Å²) in [5, 5.41) is 0.475. The second-order valence-electron chi connectivity index (χ2n) is 10.3. The van der Waals surface area contributed by atoms with Crippen molar-refractivity contribution in [2.75, 3.05) is 5.73 Å². The molecule has 1 atom stereocenters. The number of halogens is 2. The minimum Gasteiger partial charge on any atom is -0.368 e. The molecule has 8 heteroatoms. The number of amides is 1. The largest absolute Gasteiger partial charge is 0.368 e. The van der Waals surface area contributed by atoms with Gasteiger partial charge in [-0.2, -0.15) is 0 Å². The maximum atomic E-state index is 14.4. The van der Waals surface area contributed by atoms with E-state index in [0.717, 1.165) is 23.3 Å². The van der Waals surface area contributed by atoms with Crippen molar-refractivity contribution in [3.63, 3.8) is 0 Å². The number of carbonyl (C=O) groups excluding carboxylic acids is 1. The molecule has 1 aliphatic rings. The Morgan fingerprint density at radius 3 is 2.25 bits per heavy atom. The van der Waals surface area contributed by atoms with Crippen LogP contribution in [0.3, 0.4) is 0 Å². The molecule has 0 fully saturated rings. The number of hydrogen-bond donors (Lipinski definition) is 2. The van der Waals surface area contributed by atoms with Gasteiger partial charge in [-0.1, -0.05) is 51.1 Å². The third-order valence-electron chi connectivity index (χ3n) is 6.72. The van der Waals surface area contributed by atoms with Gasteiger partial charge in [0.2, 0.25) is 5.95 Å². The Hall–Kier alpha value is -3.91. The molecule has 5 rings (SSSR count). The van der Waals surface area contributed by atoms with Gasteiger partial charge in [-0.05, 0) is 57.5 Å². The van der Waals surface area contributed by atoms with E-state index in [2.05, 4.69) is 9.97 Å². The Labute approximate surface area is 208 Å². The van der Waals surface area contributed by atoms with Crippen LogP contribution in [0.1, 0.15) is 54.0 Å². The third-order valence-corrected chi connectivity index (χ3v) is 6.72. The molecule has 0 aliphatic carbocycles. The van der Waals surface area contributed by atoms with E-state index in [1.807, 2.05) is 45.0 Å². The van der Waals surface area contributed by atoms with E-state index in [0.29, 0.717) is 40.7 Å². The molecule has 0 saturated carbocycles. The van der Waals surface area contributed by atoms with Gasteiger partial charge in [-0.15, -0.1) is 0 Å². The van der Waals surface area contributed by atoms with Crippen LogP contribution < -0.4 is 11.5 Å². The molecule has 0 spiro atoms. The van der Waals surface area contributed by atoms with Gasteiger partial charge in [0.15, 0.2) is 11.6 Å². The first kappa shape index (κ1) is 23.8. The Morgan fingerprint density at radius 1 is 0.972 bits per heavy atom. The number of rotatable bonds is 3. The molecule has 0 saturated heterocycles. The quantitative estimate of drug-likeness (QED) is 0.405. The summed E-state index contributed by atoms with van der Waals surface area (Å²) in [7, 11) is 0. The summed E-state index contributed by atoms with van der Waals surface area (Å²) in [5.41, 5.74) is 16.3. The molecular formula is C28H27F2N5O. The Kier molecular flexibility index (Phi) is 5.71. The third kappa shape index (κ3) is 4.18. The predicted molar refractivity (Wildman–Crippen MR) is 136 cm³/mol. The van der Waals surface area contributed by atoms with Gasteiger partial charge in [0.1, 0.15) is 5.69 Å². The Bertz CT molecular complexity index is 1490. The van der Waals surface area contributed by atoms with Gasteiger partial charge in [0, 0.05) is 24.5 Å². The van der Waals surface area contributed by atoms with Crippen molar-refractivity contribution in [1.29, 1.82) is 0 Å². The molecule has 1 aromatic heterocycles. The number of fused-ring (bicyclic) bond motifs is 2. The molecule has 4 aromatic rings. The first-order chi connectivity index (χ1) is 17.0. The van der Waals surface area contributed by atoms with Gasteiger partial charge >= 0.3 is 0 Å². The van der Waals surface area contributed by atoms with Gasteiger partial charge < -0.3 is 16.4 Å². The summed E-state index contributed by atoms with van der Waals surface area (Å²) in [6.07, 6.45) is 0. The van der Waals surface area contributed by atoms with Crippen molar-refractivity contribution >= 4 is 22.8 Å². The molecule has 4 N–H and O–H groups in total. The number of benzene rings is 3. The van der Waals surface area contributed by atoms with Gasteiger partial charge in [-0.3, -0.25) is 4.79 Å². The fraction of sp³-hybridized carbons (Fsp3) is 0.250. The second kappa shape index (κ2) is 8.64. The zero-order valence-electron chi connectivity index (χ0n) is 20.3. The maximum absolute atomic E-state index is 14.4.